The zero-order chi connectivity index (χ0) is 20.7. The van der Waals surface area contributed by atoms with Gasteiger partial charge in [-0.05, 0) is 47.4 Å². The summed E-state index contributed by atoms with van der Waals surface area (Å²) in [5.41, 5.74) is 1.22. The van der Waals surface area contributed by atoms with Crippen molar-refractivity contribution in [3.05, 3.63) is 75.1 Å². The molecule has 7 heteroatoms. The molecule has 0 amide bonds. The fourth-order valence-corrected chi connectivity index (χ4v) is 4.18. The maximum atomic E-state index is 6.47. The molecular weight excluding hydrogens is 472 g/mol. The number of thioether (sulfide) groups is 1. The number of hydrogen-bond acceptors (Lipinski definition) is 4. The predicted molar refractivity (Wildman–Crippen MR) is 124 cm³/mol. The molecule has 1 aromatic carbocycles. The van der Waals surface area contributed by atoms with Crippen LogP contribution in [0, 0.1) is 0 Å². The summed E-state index contributed by atoms with van der Waals surface area (Å²) < 4.78 is 15.9. The first-order chi connectivity index (χ1) is 13.9. The SMILES string of the molecule is C/C(Br)=C\C=C(/C)SC[C@@H]1CO[C@@](CCc2ccc(Cl)cc2)(Cn2ccnc2)O1. The van der Waals surface area contributed by atoms with E-state index in [0.717, 1.165) is 28.1 Å². The molecule has 1 saturated heterocycles. The van der Waals surface area contributed by atoms with Gasteiger partial charge in [0.1, 0.15) is 0 Å². The third kappa shape index (κ3) is 7.30. The number of nitrogens with zero attached hydrogens (tertiary/aromatic N) is 2. The van der Waals surface area contributed by atoms with Crippen LogP contribution in [0.2, 0.25) is 5.02 Å². The lowest BCUT2D eigenvalue weighted by Gasteiger charge is -2.28. The number of imidazole rings is 1. The number of benzene rings is 1. The average Bonchev–Trinajstić information content (AvgIpc) is 3.35. The van der Waals surface area contributed by atoms with Crippen LogP contribution in [0.3, 0.4) is 0 Å². The van der Waals surface area contributed by atoms with Gasteiger partial charge in [-0.1, -0.05) is 51.8 Å². The molecule has 0 unspecified atom stereocenters. The Morgan fingerprint density at radius 3 is 2.83 bits per heavy atom. The van der Waals surface area contributed by atoms with Crippen LogP contribution in [0.25, 0.3) is 0 Å². The fraction of sp³-hybridized carbons (Fsp3) is 0.409. The number of aromatic nitrogens is 2. The predicted octanol–water partition coefficient (Wildman–Crippen LogP) is 6.22. The van der Waals surface area contributed by atoms with Crippen LogP contribution in [-0.2, 0) is 22.4 Å². The van der Waals surface area contributed by atoms with Crippen LogP contribution in [0.4, 0.5) is 0 Å². The maximum absolute atomic E-state index is 6.47. The van der Waals surface area contributed by atoms with Crippen LogP contribution in [0.15, 0.2) is 64.5 Å². The summed E-state index contributed by atoms with van der Waals surface area (Å²) in [7, 11) is 0. The molecule has 0 radical (unpaired) electrons. The molecule has 0 N–H and O–H groups in total. The molecule has 0 bridgehead atoms. The van der Waals surface area contributed by atoms with Gasteiger partial charge in [0.15, 0.2) is 5.79 Å². The lowest BCUT2D eigenvalue weighted by molar-refractivity contribution is -0.180. The van der Waals surface area contributed by atoms with Crippen molar-refractivity contribution in [2.75, 3.05) is 12.4 Å². The highest BCUT2D eigenvalue weighted by Crippen LogP contribution is 2.33. The number of aryl methyl sites for hydroxylation is 1. The molecule has 1 aliphatic rings. The highest BCUT2D eigenvalue weighted by molar-refractivity contribution is 9.11. The summed E-state index contributed by atoms with van der Waals surface area (Å²) in [6.45, 7) is 5.37. The van der Waals surface area contributed by atoms with Gasteiger partial charge >= 0.3 is 0 Å². The second-order valence-corrected chi connectivity index (χ2v) is 10.1. The van der Waals surface area contributed by atoms with E-state index in [2.05, 4.69) is 52.1 Å². The summed E-state index contributed by atoms with van der Waals surface area (Å²) in [5, 5.41) is 0.751. The van der Waals surface area contributed by atoms with E-state index < -0.39 is 5.79 Å². The van der Waals surface area contributed by atoms with E-state index >= 15 is 0 Å². The van der Waals surface area contributed by atoms with Gasteiger partial charge in [-0.2, -0.15) is 0 Å². The molecule has 1 aromatic heterocycles. The first kappa shape index (κ1) is 22.6. The third-order valence-corrected chi connectivity index (χ3v) is 6.30. The van der Waals surface area contributed by atoms with Crippen molar-refractivity contribution in [2.45, 2.75) is 45.1 Å². The Bertz CT molecular complexity index is 835. The van der Waals surface area contributed by atoms with Crippen LogP contribution >= 0.6 is 39.3 Å². The quantitative estimate of drug-likeness (QED) is 0.386. The molecule has 0 spiro atoms. The highest BCUT2D eigenvalue weighted by Gasteiger charge is 2.41. The normalized spacial score (nSPS) is 23.0. The average molecular weight is 498 g/mol. The first-order valence-electron chi connectivity index (χ1n) is 9.59. The zero-order valence-electron chi connectivity index (χ0n) is 16.7. The summed E-state index contributed by atoms with van der Waals surface area (Å²) in [6.07, 6.45) is 11.4. The van der Waals surface area contributed by atoms with Crippen molar-refractivity contribution in [1.82, 2.24) is 9.55 Å². The summed E-state index contributed by atoms with van der Waals surface area (Å²) in [5.74, 6) is 0.222. The largest absolute Gasteiger partial charge is 0.345 e. The Morgan fingerprint density at radius 1 is 1.34 bits per heavy atom. The maximum Gasteiger partial charge on any atom is 0.187 e. The topological polar surface area (TPSA) is 36.3 Å². The van der Waals surface area contributed by atoms with E-state index in [-0.39, 0.29) is 6.10 Å². The van der Waals surface area contributed by atoms with Crippen LogP contribution in [0.1, 0.15) is 25.8 Å². The van der Waals surface area contributed by atoms with Gasteiger partial charge in [-0.15, -0.1) is 11.8 Å². The number of allylic oxidation sites excluding steroid dienone is 4. The van der Waals surface area contributed by atoms with Gasteiger partial charge in [-0.3, -0.25) is 0 Å². The van der Waals surface area contributed by atoms with Crippen LogP contribution in [-0.4, -0.2) is 33.8 Å². The minimum atomic E-state index is -0.643. The van der Waals surface area contributed by atoms with E-state index in [9.17, 15) is 0 Å². The van der Waals surface area contributed by atoms with Crippen molar-refractivity contribution >= 4 is 39.3 Å². The summed E-state index contributed by atoms with van der Waals surface area (Å²) in [4.78, 5) is 5.40. The molecule has 4 nitrogen and oxygen atoms in total. The Hall–Kier alpha value is -1.05. The Kier molecular flexibility index (Phi) is 8.45. The number of hydrogen-bond donors (Lipinski definition) is 0. The lowest BCUT2D eigenvalue weighted by Crippen LogP contribution is -2.37. The van der Waals surface area contributed by atoms with Crippen LogP contribution < -0.4 is 0 Å². The molecule has 0 aliphatic carbocycles. The smallest absolute Gasteiger partial charge is 0.187 e. The molecule has 2 heterocycles. The number of ether oxygens (including phenoxy) is 2. The van der Waals surface area contributed by atoms with Crippen LogP contribution in [0.5, 0.6) is 0 Å². The van der Waals surface area contributed by atoms with E-state index in [4.69, 9.17) is 21.1 Å². The van der Waals surface area contributed by atoms with Gasteiger partial charge in [0.25, 0.3) is 0 Å². The van der Waals surface area contributed by atoms with Gasteiger partial charge in [0.2, 0.25) is 0 Å². The molecule has 1 aliphatic heterocycles. The fourth-order valence-electron chi connectivity index (χ4n) is 3.14. The first-order valence-corrected chi connectivity index (χ1v) is 11.8. The van der Waals surface area contributed by atoms with Crippen molar-refractivity contribution in [3.63, 3.8) is 0 Å². The van der Waals surface area contributed by atoms with Crippen molar-refractivity contribution < 1.29 is 9.47 Å². The van der Waals surface area contributed by atoms with E-state index in [1.165, 1.54) is 10.5 Å². The van der Waals surface area contributed by atoms with Gasteiger partial charge in [0, 0.05) is 29.6 Å². The Labute approximate surface area is 190 Å². The minimum absolute atomic E-state index is 0.0612. The monoisotopic (exact) mass is 496 g/mol. The molecule has 29 heavy (non-hydrogen) atoms. The van der Waals surface area contributed by atoms with E-state index in [0.29, 0.717) is 13.2 Å². The van der Waals surface area contributed by atoms with E-state index in [1.807, 2.05) is 29.8 Å². The third-order valence-electron chi connectivity index (χ3n) is 4.65. The van der Waals surface area contributed by atoms with Crippen molar-refractivity contribution in [2.24, 2.45) is 0 Å². The van der Waals surface area contributed by atoms with Gasteiger partial charge in [0.05, 0.1) is 25.6 Å². The van der Waals surface area contributed by atoms with Gasteiger partial charge in [-0.25, -0.2) is 4.98 Å². The zero-order valence-corrected chi connectivity index (χ0v) is 19.8. The Morgan fingerprint density at radius 2 is 2.14 bits per heavy atom. The standard InChI is InChI=1S/C22H26BrClN2O2S/c1-17(23)3-4-18(2)29-14-21-13-27-22(28-21,15-26-12-11-25-16-26)10-9-19-5-7-20(24)8-6-19/h3-8,11-12,16,21H,9-10,13-15H2,1-2H3/b17-3+,18-4+/t21-,22+/m0/s1. The highest BCUT2D eigenvalue weighted by atomic mass is 79.9. The van der Waals surface area contributed by atoms with E-state index in [1.54, 1.807) is 24.3 Å². The molecule has 156 valence electrons. The number of rotatable bonds is 9. The van der Waals surface area contributed by atoms with Crippen molar-refractivity contribution in [3.8, 4) is 0 Å². The summed E-state index contributed by atoms with van der Waals surface area (Å²) >= 11 is 11.3. The second-order valence-electron chi connectivity index (χ2n) is 7.16. The molecule has 3 rings (SSSR count). The van der Waals surface area contributed by atoms with Crippen molar-refractivity contribution in [1.29, 1.82) is 0 Å². The second kappa shape index (κ2) is 10.8. The molecule has 2 aromatic rings. The molecule has 0 saturated carbocycles. The lowest BCUT2D eigenvalue weighted by atomic mass is 10.0. The molecule has 1 fully saturated rings. The molecule has 2 atom stereocenters. The minimum Gasteiger partial charge on any atom is -0.345 e. The van der Waals surface area contributed by atoms with Gasteiger partial charge < -0.3 is 14.0 Å². The summed E-state index contributed by atoms with van der Waals surface area (Å²) in [6, 6.07) is 7.97. The number of halogens is 2. The Balaban J connectivity index is 1.62. The molecular formula is C22H26BrClN2O2S.